The third-order valence-corrected chi connectivity index (χ3v) is 5.47. The fourth-order valence-corrected chi connectivity index (χ4v) is 3.99. The van der Waals surface area contributed by atoms with Crippen molar-refractivity contribution in [2.24, 2.45) is 0 Å². The lowest BCUT2D eigenvalue weighted by molar-refractivity contribution is 0.0405. The zero-order valence-corrected chi connectivity index (χ0v) is 18.6. The molecule has 0 N–H and O–H groups in total. The highest BCUT2D eigenvalue weighted by Gasteiger charge is 2.12. The average Bonchev–Trinajstić information content (AvgIpc) is 3.07. The van der Waals surface area contributed by atoms with Crippen LogP contribution < -0.4 is 4.74 Å². The third kappa shape index (κ3) is 4.57. The van der Waals surface area contributed by atoms with Gasteiger partial charge < -0.3 is 18.8 Å². The minimum atomic E-state index is 0.527. The summed E-state index contributed by atoms with van der Waals surface area (Å²) in [4.78, 5) is 0. The van der Waals surface area contributed by atoms with E-state index in [0.717, 1.165) is 18.0 Å². The number of hydrogen-bond donors (Lipinski definition) is 0. The molecule has 0 atom stereocenters. The van der Waals surface area contributed by atoms with E-state index in [4.69, 9.17) is 14.2 Å². The summed E-state index contributed by atoms with van der Waals surface area (Å²) in [6.07, 6.45) is 0. The molecule has 0 bridgehead atoms. The fourth-order valence-electron chi connectivity index (χ4n) is 3.50. The van der Waals surface area contributed by atoms with Crippen molar-refractivity contribution in [3.63, 3.8) is 0 Å². The Hall–Kier alpha value is -2.09. The summed E-state index contributed by atoms with van der Waals surface area (Å²) < 4.78 is 20.1. The van der Waals surface area contributed by atoms with E-state index >= 15 is 0 Å². The first-order chi connectivity index (χ1) is 14.3. The van der Waals surface area contributed by atoms with Gasteiger partial charge in [-0.05, 0) is 78.0 Å². The van der Waals surface area contributed by atoms with Crippen molar-refractivity contribution in [3.05, 3.63) is 70.3 Å². The van der Waals surface area contributed by atoms with Gasteiger partial charge in [0.05, 0.1) is 30.9 Å². The Morgan fingerprint density at radius 1 is 0.759 bits per heavy atom. The number of rotatable bonds is 9. The number of aromatic nitrogens is 1. The van der Waals surface area contributed by atoms with E-state index in [0.29, 0.717) is 26.4 Å². The second-order valence-electron chi connectivity index (χ2n) is 6.67. The molecule has 0 aliphatic carbocycles. The van der Waals surface area contributed by atoms with Crippen molar-refractivity contribution in [2.45, 2.75) is 6.92 Å². The first kappa shape index (κ1) is 20.2. The predicted octanol–water partition coefficient (Wildman–Crippen LogP) is 5.82. The lowest BCUT2D eigenvalue weighted by Gasteiger charge is -2.10. The molecule has 4 nitrogen and oxygen atoms in total. The zero-order chi connectivity index (χ0) is 20.1. The minimum Gasteiger partial charge on any atom is -0.491 e. The Morgan fingerprint density at radius 3 is 2.31 bits per heavy atom. The van der Waals surface area contributed by atoms with E-state index in [-0.39, 0.29) is 0 Å². The Balaban J connectivity index is 1.51. The van der Waals surface area contributed by atoms with Gasteiger partial charge in [-0.1, -0.05) is 18.2 Å². The highest BCUT2D eigenvalue weighted by atomic mass is 127. The van der Waals surface area contributed by atoms with E-state index in [9.17, 15) is 0 Å². The molecule has 0 radical (unpaired) electrons. The fraction of sp³-hybridized carbons (Fsp3) is 0.250. The van der Waals surface area contributed by atoms with Crippen LogP contribution in [0.1, 0.15) is 6.92 Å². The molecular formula is C24H24INO3. The molecule has 4 aromatic rings. The first-order valence-corrected chi connectivity index (χ1v) is 10.9. The summed E-state index contributed by atoms with van der Waals surface area (Å²) in [5.41, 5.74) is 3.54. The summed E-state index contributed by atoms with van der Waals surface area (Å²) in [6, 6.07) is 23.4. The lowest BCUT2D eigenvalue weighted by atomic mass is 10.2. The van der Waals surface area contributed by atoms with Crippen LogP contribution in [-0.2, 0) is 9.47 Å². The molecule has 1 aromatic heterocycles. The minimum absolute atomic E-state index is 0.527. The Morgan fingerprint density at radius 2 is 1.48 bits per heavy atom. The summed E-state index contributed by atoms with van der Waals surface area (Å²) in [5, 5.41) is 2.54. The van der Waals surface area contributed by atoms with E-state index in [1.165, 1.54) is 25.4 Å². The van der Waals surface area contributed by atoms with Gasteiger partial charge in [0.15, 0.2) is 0 Å². The van der Waals surface area contributed by atoms with E-state index in [1.807, 2.05) is 19.1 Å². The van der Waals surface area contributed by atoms with Crippen molar-refractivity contribution in [1.29, 1.82) is 0 Å². The topological polar surface area (TPSA) is 32.6 Å². The van der Waals surface area contributed by atoms with Gasteiger partial charge in [0.2, 0.25) is 0 Å². The van der Waals surface area contributed by atoms with E-state index in [1.54, 1.807) is 0 Å². The van der Waals surface area contributed by atoms with Crippen LogP contribution >= 0.6 is 22.6 Å². The van der Waals surface area contributed by atoms with E-state index < -0.39 is 0 Å². The summed E-state index contributed by atoms with van der Waals surface area (Å²) >= 11 is 2.37. The van der Waals surface area contributed by atoms with Crippen molar-refractivity contribution in [1.82, 2.24) is 4.57 Å². The maximum Gasteiger partial charge on any atom is 0.119 e. The average molecular weight is 501 g/mol. The summed E-state index contributed by atoms with van der Waals surface area (Å²) in [6.45, 7) is 5.01. The van der Waals surface area contributed by atoms with E-state index in [2.05, 4.69) is 81.8 Å². The standard InChI is InChI=1S/C24H24INO3/c1-2-27-13-14-28-15-16-29-20-10-8-19(9-11-20)26-23-6-4-3-5-21(23)22-17-18(25)7-12-24(22)26/h3-12,17H,2,13-16H2,1H3. The number of ether oxygens (including phenoxy) is 3. The molecule has 0 aliphatic heterocycles. The number of nitrogens with zero attached hydrogens (tertiary/aromatic N) is 1. The molecule has 0 fully saturated rings. The van der Waals surface area contributed by atoms with Gasteiger partial charge >= 0.3 is 0 Å². The van der Waals surface area contributed by atoms with Gasteiger partial charge in [-0.15, -0.1) is 0 Å². The molecule has 4 rings (SSSR count). The number of halogens is 1. The third-order valence-electron chi connectivity index (χ3n) is 4.80. The van der Waals surface area contributed by atoms with Gasteiger partial charge in [0.1, 0.15) is 12.4 Å². The Bertz CT molecular complexity index is 1090. The van der Waals surface area contributed by atoms with Crippen molar-refractivity contribution in [2.75, 3.05) is 33.0 Å². The van der Waals surface area contributed by atoms with Gasteiger partial charge in [-0.2, -0.15) is 0 Å². The molecule has 0 unspecified atom stereocenters. The zero-order valence-electron chi connectivity index (χ0n) is 16.4. The van der Waals surface area contributed by atoms with Crippen LogP contribution in [0, 0.1) is 3.57 Å². The van der Waals surface area contributed by atoms with Gasteiger partial charge in [-0.3, -0.25) is 0 Å². The van der Waals surface area contributed by atoms with Crippen LogP contribution in [0.4, 0.5) is 0 Å². The molecule has 3 aromatic carbocycles. The summed E-state index contributed by atoms with van der Waals surface area (Å²) in [5.74, 6) is 0.845. The van der Waals surface area contributed by atoms with Crippen LogP contribution in [0.25, 0.3) is 27.5 Å². The quantitative estimate of drug-likeness (QED) is 0.214. The molecule has 150 valence electrons. The SMILES string of the molecule is CCOCCOCCOc1ccc(-n2c3ccccc3c3cc(I)ccc32)cc1. The number of benzene rings is 3. The normalized spacial score (nSPS) is 11.4. The van der Waals surface area contributed by atoms with Crippen molar-refractivity contribution >= 4 is 44.4 Å². The van der Waals surface area contributed by atoms with Crippen LogP contribution in [0.3, 0.4) is 0 Å². The molecular weight excluding hydrogens is 477 g/mol. The van der Waals surface area contributed by atoms with Crippen molar-refractivity contribution < 1.29 is 14.2 Å². The van der Waals surface area contributed by atoms with Crippen LogP contribution in [-0.4, -0.2) is 37.6 Å². The first-order valence-electron chi connectivity index (χ1n) is 9.85. The highest BCUT2D eigenvalue weighted by Crippen LogP contribution is 2.33. The molecule has 0 aliphatic rings. The number of fused-ring (bicyclic) bond motifs is 3. The summed E-state index contributed by atoms with van der Waals surface area (Å²) in [7, 11) is 0. The second-order valence-corrected chi connectivity index (χ2v) is 7.91. The monoisotopic (exact) mass is 501 g/mol. The Labute approximate surface area is 184 Å². The number of para-hydroxylation sites is 1. The van der Waals surface area contributed by atoms with Crippen molar-refractivity contribution in [3.8, 4) is 11.4 Å². The molecule has 0 amide bonds. The molecule has 29 heavy (non-hydrogen) atoms. The lowest BCUT2D eigenvalue weighted by Crippen LogP contribution is -2.10. The van der Waals surface area contributed by atoms with Crippen LogP contribution in [0.15, 0.2) is 66.7 Å². The predicted molar refractivity (Wildman–Crippen MR) is 126 cm³/mol. The Kier molecular flexibility index (Phi) is 6.69. The smallest absolute Gasteiger partial charge is 0.119 e. The molecule has 0 saturated carbocycles. The maximum absolute atomic E-state index is 5.80. The van der Waals surface area contributed by atoms with Crippen LogP contribution in [0.5, 0.6) is 5.75 Å². The molecule has 0 saturated heterocycles. The second kappa shape index (κ2) is 9.61. The maximum atomic E-state index is 5.80. The molecule has 1 heterocycles. The van der Waals surface area contributed by atoms with Gasteiger partial charge in [-0.25, -0.2) is 0 Å². The van der Waals surface area contributed by atoms with Gasteiger partial charge in [0.25, 0.3) is 0 Å². The highest BCUT2D eigenvalue weighted by molar-refractivity contribution is 14.1. The molecule has 0 spiro atoms. The number of hydrogen-bond acceptors (Lipinski definition) is 3. The largest absolute Gasteiger partial charge is 0.491 e. The van der Waals surface area contributed by atoms with Crippen LogP contribution in [0.2, 0.25) is 0 Å². The molecule has 5 heteroatoms. The van der Waals surface area contributed by atoms with Gasteiger partial charge in [0, 0.05) is 26.6 Å².